The standard InChI is InChI=1S/C21H18F2N2O2/c22-14-8-6-13(7-9-14)19-11-17(16-4-1-5-18(23)20(16)24-19)21(27)25-10-2-3-15(25)12-26/h1,4-9,11,15,26H,2-3,10,12H2/t15-/m1/s1. The molecule has 1 aliphatic heterocycles. The van der Waals surface area contributed by atoms with Gasteiger partial charge in [0.05, 0.1) is 23.9 Å². The van der Waals surface area contributed by atoms with Crippen molar-refractivity contribution in [1.82, 2.24) is 9.88 Å². The molecule has 27 heavy (non-hydrogen) atoms. The number of aromatic nitrogens is 1. The zero-order valence-electron chi connectivity index (χ0n) is 14.5. The average Bonchev–Trinajstić information content (AvgIpc) is 3.16. The summed E-state index contributed by atoms with van der Waals surface area (Å²) in [5, 5.41) is 9.97. The molecule has 1 fully saturated rings. The van der Waals surface area contributed by atoms with Crippen molar-refractivity contribution in [3.8, 4) is 11.3 Å². The Balaban J connectivity index is 1.89. The van der Waals surface area contributed by atoms with Crippen LogP contribution in [0.1, 0.15) is 23.2 Å². The summed E-state index contributed by atoms with van der Waals surface area (Å²) in [7, 11) is 0. The van der Waals surface area contributed by atoms with Gasteiger partial charge in [-0.1, -0.05) is 12.1 Å². The molecule has 0 radical (unpaired) electrons. The number of amides is 1. The predicted molar refractivity (Wildman–Crippen MR) is 98.2 cm³/mol. The van der Waals surface area contributed by atoms with Gasteiger partial charge in [-0.05, 0) is 49.2 Å². The molecular formula is C21H18F2N2O2. The smallest absolute Gasteiger partial charge is 0.254 e. The fraction of sp³-hybridized carbons (Fsp3) is 0.238. The Hall–Kier alpha value is -2.86. The summed E-state index contributed by atoms with van der Waals surface area (Å²) in [6.45, 7) is 0.447. The molecule has 138 valence electrons. The summed E-state index contributed by atoms with van der Waals surface area (Å²) in [5.74, 6) is -1.16. The van der Waals surface area contributed by atoms with Crippen LogP contribution in [0.25, 0.3) is 22.2 Å². The van der Waals surface area contributed by atoms with Gasteiger partial charge in [-0.15, -0.1) is 0 Å². The number of halogens is 2. The van der Waals surface area contributed by atoms with Crippen molar-refractivity contribution >= 4 is 16.8 Å². The van der Waals surface area contributed by atoms with Crippen LogP contribution in [-0.4, -0.2) is 40.1 Å². The third-order valence-electron chi connectivity index (χ3n) is 5.01. The second-order valence-corrected chi connectivity index (χ2v) is 6.68. The highest BCUT2D eigenvalue weighted by Crippen LogP contribution is 2.29. The summed E-state index contributed by atoms with van der Waals surface area (Å²) in [4.78, 5) is 19.2. The average molecular weight is 368 g/mol. The number of rotatable bonds is 3. The number of benzene rings is 2. The van der Waals surface area contributed by atoms with Gasteiger partial charge in [0, 0.05) is 17.5 Å². The minimum absolute atomic E-state index is 0.0995. The van der Waals surface area contributed by atoms with Gasteiger partial charge < -0.3 is 10.0 Å². The second kappa shape index (κ2) is 7.04. The first-order valence-corrected chi connectivity index (χ1v) is 8.85. The number of likely N-dealkylation sites (tertiary alicyclic amines) is 1. The molecule has 2 heterocycles. The number of aliphatic hydroxyl groups excluding tert-OH is 1. The maximum absolute atomic E-state index is 14.4. The molecule has 0 aliphatic carbocycles. The third-order valence-corrected chi connectivity index (χ3v) is 5.01. The molecule has 0 unspecified atom stereocenters. The van der Waals surface area contributed by atoms with Crippen molar-refractivity contribution in [2.24, 2.45) is 0 Å². The number of pyridine rings is 1. The Morgan fingerprint density at radius 2 is 1.96 bits per heavy atom. The molecule has 1 amide bonds. The number of aliphatic hydroxyl groups is 1. The van der Waals surface area contributed by atoms with E-state index in [1.54, 1.807) is 35.2 Å². The van der Waals surface area contributed by atoms with E-state index in [0.717, 1.165) is 12.8 Å². The molecule has 2 aromatic carbocycles. The number of hydrogen-bond acceptors (Lipinski definition) is 3. The number of hydrogen-bond donors (Lipinski definition) is 1. The largest absolute Gasteiger partial charge is 0.394 e. The lowest BCUT2D eigenvalue weighted by atomic mass is 10.0. The molecule has 1 atom stereocenters. The zero-order valence-corrected chi connectivity index (χ0v) is 14.5. The molecular weight excluding hydrogens is 350 g/mol. The van der Waals surface area contributed by atoms with E-state index in [0.29, 0.717) is 28.8 Å². The maximum Gasteiger partial charge on any atom is 0.254 e. The molecule has 1 N–H and O–H groups in total. The van der Waals surface area contributed by atoms with Crippen LogP contribution in [0, 0.1) is 11.6 Å². The maximum atomic E-state index is 14.4. The fourth-order valence-corrected chi connectivity index (χ4v) is 3.61. The van der Waals surface area contributed by atoms with Crippen LogP contribution in [-0.2, 0) is 0 Å². The van der Waals surface area contributed by atoms with Gasteiger partial charge in [-0.2, -0.15) is 0 Å². The van der Waals surface area contributed by atoms with Crippen LogP contribution in [0.2, 0.25) is 0 Å². The van der Waals surface area contributed by atoms with Crippen LogP contribution < -0.4 is 0 Å². The van der Waals surface area contributed by atoms with Crippen LogP contribution in [0.4, 0.5) is 8.78 Å². The summed E-state index contributed by atoms with van der Waals surface area (Å²) in [6, 6.07) is 11.6. The summed E-state index contributed by atoms with van der Waals surface area (Å²) < 4.78 is 27.7. The van der Waals surface area contributed by atoms with E-state index < -0.39 is 5.82 Å². The van der Waals surface area contributed by atoms with Gasteiger partial charge in [-0.3, -0.25) is 4.79 Å². The van der Waals surface area contributed by atoms with Gasteiger partial charge in [-0.25, -0.2) is 13.8 Å². The Labute approximate surface area is 155 Å². The van der Waals surface area contributed by atoms with Crippen molar-refractivity contribution in [1.29, 1.82) is 0 Å². The molecule has 0 bridgehead atoms. The third kappa shape index (κ3) is 3.17. The van der Waals surface area contributed by atoms with Crippen LogP contribution in [0.15, 0.2) is 48.5 Å². The Bertz CT molecular complexity index is 1000. The summed E-state index contributed by atoms with van der Waals surface area (Å²) in [6.07, 6.45) is 1.56. The molecule has 0 saturated carbocycles. The lowest BCUT2D eigenvalue weighted by Gasteiger charge is -2.24. The molecule has 4 nitrogen and oxygen atoms in total. The Morgan fingerprint density at radius 3 is 2.70 bits per heavy atom. The first-order valence-electron chi connectivity index (χ1n) is 8.85. The number of carbonyl (C=O) groups is 1. The lowest BCUT2D eigenvalue weighted by molar-refractivity contribution is 0.0679. The van der Waals surface area contributed by atoms with Gasteiger partial charge >= 0.3 is 0 Å². The summed E-state index contributed by atoms with van der Waals surface area (Å²) >= 11 is 0. The van der Waals surface area contributed by atoms with Crippen molar-refractivity contribution in [2.75, 3.05) is 13.2 Å². The monoisotopic (exact) mass is 368 g/mol. The fourth-order valence-electron chi connectivity index (χ4n) is 3.61. The quantitative estimate of drug-likeness (QED) is 0.766. The normalized spacial score (nSPS) is 16.9. The summed E-state index contributed by atoms with van der Waals surface area (Å²) in [5.41, 5.74) is 1.42. The van der Waals surface area contributed by atoms with Gasteiger partial charge in [0.15, 0.2) is 0 Å². The van der Waals surface area contributed by atoms with Crippen molar-refractivity contribution in [3.63, 3.8) is 0 Å². The van der Waals surface area contributed by atoms with E-state index in [-0.39, 0.29) is 29.9 Å². The molecule has 0 spiro atoms. The Kier molecular flexibility index (Phi) is 4.58. The highest BCUT2D eigenvalue weighted by Gasteiger charge is 2.30. The number of nitrogens with zero attached hydrogens (tertiary/aromatic N) is 2. The van der Waals surface area contributed by atoms with Gasteiger partial charge in [0.25, 0.3) is 5.91 Å². The van der Waals surface area contributed by atoms with E-state index >= 15 is 0 Å². The van der Waals surface area contributed by atoms with Crippen molar-refractivity contribution in [2.45, 2.75) is 18.9 Å². The molecule has 1 saturated heterocycles. The minimum Gasteiger partial charge on any atom is -0.394 e. The number of fused-ring (bicyclic) bond motifs is 1. The predicted octanol–water partition coefficient (Wildman–Crippen LogP) is 3.78. The molecule has 3 aromatic rings. The van der Waals surface area contributed by atoms with Crippen molar-refractivity contribution < 1.29 is 18.7 Å². The lowest BCUT2D eigenvalue weighted by Crippen LogP contribution is -2.37. The highest BCUT2D eigenvalue weighted by atomic mass is 19.1. The molecule has 4 rings (SSSR count). The first-order chi connectivity index (χ1) is 13.1. The zero-order chi connectivity index (χ0) is 19.0. The first kappa shape index (κ1) is 17.5. The van der Waals surface area contributed by atoms with Crippen molar-refractivity contribution in [3.05, 3.63) is 65.7 Å². The molecule has 1 aromatic heterocycles. The van der Waals surface area contributed by atoms with E-state index in [4.69, 9.17) is 0 Å². The van der Waals surface area contributed by atoms with E-state index in [1.807, 2.05) is 0 Å². The van der Waals surface area contributed by atoms with Crippen LogP contribution >= 0.6 is 0 Å². The Morgan fingerprint density at radius 1 is 1.19 bits per heavy atom. The second-order valence-electron chi connectivity index (χ2n) is 6.68. The molecule has 1 aliphatic rings. The number of para-hydroxylation sites is 1. The van der Waals surface area contributed by atoms with Gasteiger partial charge in [0.2, 0.25) is 0 Å². The van der Waals surface area contributed by atoms with Crippen LogP contribution in [0.5, 0.6) is 0 Å². The van der Waals surface area contributed by atoms with E-state index in [9.17, 15) is 18.7 Å². The van der Waals surface area contributed by atoms with Crippen LogP contribution in [0.3, 0.4) is 0 Å². The van der Waals surface area contributed by atoms with Gasteiger partial charge in [0.1, 0.15) is 17.2 Å². The molecule has 6 heteroatoms. The van der Waals surface area contributed by atoms with E-state index in [1.165, 1.54) is 18.2 Å². The highest BCUT2D eigenvalue weighted by molar-refractivity contribution is 6.07. The topological polar surface area (TPSA) is 53.4 Å². The van der Waals surface area contributed by atoms with E-state index in [2.05, 4.69) is 4.98 Å². The SMILES string of the molecule is O=C(c1cc(-c2ccc(F)cc2)nc2c(F)cccc12)N1CCC[C@@H]1CO. The minimum atomic E-state index is -0.523. The number of carbonyl (C=O) groups excluding carboxylic acids is 1.